The molecule has 0 saturated carbocycles. The molecule has 1 aliphatic heterocycles. The van der Waals surface area contributed by atoms with Crippen LogP contribution in [-0.2, 0) is 11.3 Å². The van der Waals surface area contributed by atoms with Gasteiger partial charge in [0.05, 0.1) is 5.92 Å². The number of aryl methyl sites for hydroxylation is 2. The highest BCUT2D eigenvalue weighted by Crippen LogP contribution is 2.25. The molecule has 1 saturated heterocycles. The third-order valence-corrected chi connectivity index (χ3v) is 4.81. The predicted octanol–water partition coefficient (Wildman–Crippen LogP) is 2.50. The summed E-state index contributed by atoms with van der Waals surface area (Å²) in [7, 11) is 0. The van der Waals surface area contributed by atoms with Gasteiger partial charge < -0.3 is 10.2 Å². The Morgan fingerprint density at radius 2 is 2.08 bits per heavy atom. The van der Waals surface area contributed by atoms with Crippen LogP contribution in [0.1, 0.15) is 36.0 Å². The van der Waals surface area contributed by atoms with E-state index in [-0.39, 0.29) is 17.5 Å². The Balaban J connectivity index is 1.97. The number of likely N-dealkylation sites (tertiary alicyclic amines) is 1. The van der Waals surface area contributed by atoms with E-state index in [1.54, 1.807) is 6.07 Å². The molecule has 0 spiro atoms. The van der Waals surface area contributed by atoms with E-state index < -0.39 is 0 Å². The minimum absolute atomic E-state index is 0.109. The van der Waals surface area contributed by atoms with Crippen LogP contribution in [0, 0.1) is 19.8 Å². The molecule has 2 aromatic rings. The van der Waals surface area contributed by atoms with Gasteiger partial charge in [-0.3, -0.25) is 9.69 Å². The van der Waals surface area contributed by atoms with Gasteiger partial charge in [0, 0.05) is 24.5 Å². The topological polar surface area (TPSA) is 76.5 Å². The molecular formula is C19H24N2O3. The van der Waals surface area contributed by atoms with E-state index in [9.17, 15) is 9.59 Å². The maximum absolute atomic E-state index is 12.0. The van der Waals surface area contributed by atoms with Crippen LogP contribution >= 0.6 is 0 Å². The summed E-state index contributed by atoms with van der Waals surface area (Å²) < 4.78 is 5.41. The molecule has 3 rings (SSSR count). The standard InChI is InChI=1S/C19H24N2O3/c1-12-7-13(2)18-16(8-12)15(9-17(22)24-18)11-21-6-4-3-5-14(10-21)19(20)23/h7-9,14H,3-6,10-11H2,1-2H3,(H2,20,23). The summed E-state index contributed by atoms with van der Waals surface area (Å²) in [5.41, 5.74) is 8.91. The van der Waals surface area contributed by atoms with Crippen molar-refractivity contribution in [2.24, 2.45) is 11.7 Å². The van der Waals surface area contributed by atoms with Crippen molar-refractivity contribution in [1.82, 2.24) is 4.90 Å². The van der Waals surface area contributed by atoms with Gasteiger partial charge in [-0.25, -0.2) is 4.79 Å². The van der Waals surface area contributed by atoms with Crippen molar-refractivity contribution in [3.63, 3.8) is 0 Å². The number of nitrogens with two attached hydrogens (primary N) is 1. The lowest BCUT2D eigenvalue weighted by molar-refractivity contribution is -0.122. The zero-order valence-electron chi connectivity index (χ0n) is 14.3. The van der Waals surface area contributed by atoms with Gasteiger partial charge in [-0.05, 0) is 56.0 Å². The van der Waals surface area contributed by atoms with E-state index in [2.05, 4.69) is 11.0 Å². The number of hydrogen-bond acceptors (Lipinski definition) is 4. The van der Waals surface area contributed by atoms with Crippen LogP contribution in [0.2, 0.25) is 0 Å². The van der Waals surface area contributed by atoms with Gasteiger partial charge in [-0.15, -0.1) is 0 Å². The van der Waals surface area contributed by atoms with E-state index in [1.165, 1.54) is 0 Å². The van der Waals surface area contributed by atoms with Gasteiger partial charge in [0.15, 0.2) is 0 Å². The zero-order chi connectivity index (χ0) is 17.3. The SMILES string of the molecule is Cc1cc(C)c2oc(=O)cc(CN3CCCCC(C(N)=O)C3)c2c1. The maximum atomic E-state index is 12.0. The minimum Gasteiger partial charge on any atom is -0.422 e. The molecule has 1 amide bonds. The number of fused-ring (bicyclic) bond motifs is 1. The van der Waals surface area contributed by atoms with Crippen LogP contribution in [0.5, 0.6) is 0 Å². The number of primary amides is 1. The molecule has 2 N–H and O–H groups in total. The molecular weight excluding hydrogens is 304 g/mol. The zero-order valence-corrected chi connectivity index (χ0v) is 14.3. The minimum atomic E-state index is -0.328. The van der Waals surface area contributed by atoms with Crippen molar-refractivity contribution >= 4 is 16.9 Å². The molecule has 128 valence electrons. The Kier molecular flexibility index (Phi) is 4.71. The van der Waals surface area contributed by atoms with E-state index in [1.807, 2.05) is 19.9 Å². The van der Waals surface area contributed by atoms with Crippen LogP contribution in [-0.4, -0.2) is 23.9 Å². The third-order valence-electron chi connectivity index (χ3n) is 4.81. The molecule has 1 fully saturated rings. The second-order valence-electron chi connectivity index (χ2n) is 6.88. The largest absolute Gasteiger partial charge is 0.422 e. The first kappa shape index (κ1) is 16.7. The van der Waals surface area contributed by atoms with E-state index in [4.69, 9.17) is 10.2 Å². The van der Waals surface area contributed by atoms with Gasteiger partial charge in [0.2, 0.25) is 5.91 Å². The molecule has 1 aromatic heterocycles. The van der Waals surface area contributed by atoms with Gasteiger partial charge in [-0.1, -0.05) is 12.5 Å². The fourth-order valence-corrected chi connectivity index (χ4v) is 3.65. The van der Waals surface area contributed by atoms with E-state index >= 15 is 0 Å². The predicted molar refractivity (Wildman–Crippen MR) is 93.8 cm³/mol. The number of nitrogens with zero attached hydrogens (tertiary/aromatic N) is 1. The molecule has 1 aliphatic rings. The van der Waals surface area contributed by atoms with Crippen molar-refractivity contribution in [2.45, 2.75) is 39.7 Å². The number of carbonyl (C=O) groups excluding carboxylic acids is 1. The molecule has 1 atom stereocenters. The molecule has 0 radical (unpaired) electrons. The molecule has 1 aromatic carbocycles. The molecule has 24 heavy (non-hydrogen) atoms. The first-order valence-electron chi connectivity index (χ1n) is 8.49. The highest BCUT2D eigenvalue weighted by Gasteiger charge is 2.23. The fourth-order valence-electron chi connectivity index (χ4n) is 3.65. The van der Waals surface area contributed by atoms with E-state index in [0.29, 0.717) is 18.7 Å². The lowest BCUT2D eigenvalue weighted by atomic mass is 10.0. The van der Waals surface area contributed by atoms with Gasteiger partial charge in [0.1, 0.15) is 5.58 Å². The number of amides is 1. The second-order valence-corrected chi connectivity index (χ2v) is 6.88. The molecule has 5 heteroatoms. The fraction of sp³-hybridized carbons (Fsp3) is 0.474. The number of benzene rings is 1. The van der Waals surface area contributed by atoms with Crippen LogP contribution < -0.4 is 11.4 Å². The Morgan fingerprint density at radius 3 is 2.83 bits per heavy atom. The second kappa shape index (κ2) is 6.77. The van der Waals surface area contributed by atoms with Crippen LogP contribution in [0.15, 0.2) is 27.4 Å². The lowest BCUT2D eigenvalue weighted by Crippen LogP contribution is -2.34. The van der Waals surface area contributed by atoms with Crippen molar-refractivity contribution in [2.75, 3.05) is 13.1 Å². The van der Waals surface area contributed by atoms with Gasteiger partial charge in [-0.2, -0.15) is 0 Å². The van der Waals surface area contributed by atoms with Crippen molar-refractivity contribution in [3.8, 4) is 0 Å². The maximum Gasteiger partial charge on any atom is 0.336 e. The first-order valence-corrected chi connectivity index (χ1v) is 8.49. The van der Waals surface area contributed by atoms with Crippen LogP contribution in [0.4, 0.5) is 0 Å². The van der Waals surface area contributed by atoms with Gasteiger partial charge >= 0.3 is 5.63 Å². The van der Waals surface area contributed by atoms with E-state index in [0.717, 1.165) is 47.9 Å². The monoisotopic (exact) mass is 328 g/mol. The summed E-state index contributed by atoms with van der Waals surface area (Å²) >= 11 is 0. The molecule has 5 nitrogen and oxygen atoms in total. The summed E-state index contributed by atoms with van der Waals surface area (Å²) in [6, 6.07) is 5.65. The number of carbonyl (C=O) groups is 1. The van der Waals surface area contributed by atoms with Crippen molar-refractivity contribution < 1.29 is 9.21 Å². The summed E-state index contributed by atoms with van der Waals surface area (Å²) in [5, 5.41) is 0.979. The summed E-state index contributed by atoms with van der Waals surface area (Å²) in [6.07, 6.45) is 2.91. The van der Waals surface area contributed by atoms with Crippen molar-refractivity contribution in [3.05, 3.63) is 45.3 Å². The number of hydrogen-bond donors (Lipinski definition) is 1. The number of rotatable bonds is 3. The Bertz CT molecular complexity index is 825. The molecule has 0 aliphatic carbocycles. The summed E-state index contributed by atoms with van der Waals surface area (Å²) in [6.45, 7) is 6.19. The quantitative estimate of drug-likeness (QED) is 0.878. The van der Waals surface area contributed by atoms with Gasteiger partial charge in [0.25, 0.3) is 0 Å². The third kappa shape index (κ3) is 3.51. The Morgan fingerprint density at radius 1 is 1.29 bits per heavy atom. The Labute approximate surface area is 141 Å². The van der Waals surface area contributed by atoms with Crippen LogP contribution in [0.25, 0.3) is 11.0 Å². The average Bonchev–Trinajstić information content (AvgIpc) is 2.74. The molecule has 1 unspecified atom stereocenters. The highest BCUT2D eigenvalue weighted by atomic mass is 16.4. The lowest BCUT2D eigenvalue weighted by Gasteiger charge is -2.23. The van der Waals surface area contributed by atoms with Crippen LogP contribution in [0.3, 0.4) is 0 Å². The summed E-state index contributed by atoms with van der Waals surface area (Å²) in [4.78, 5) is 25.8. The smallest absolute Gasteiger partial charge is 0.336 e. The Hall–Kier alpha value is -2.14. The normalized spacial score (nSPS) is 19.3. The van der Waals surface area contributed by atoms with Crippen molar-refractivity contribution in [1.29, 1.82) is 0 Å². The highest BCUT2D eigenvalue weighted by molar-refractivity contribution is 5.83. The average molecular weight is 328 g/mol. The molecule has 2 heterocycles. The molecule has 0 bridgehead atoms. The first-order chi connectivity index (χ1) is 11.4. The summed E-state index contributed by atoms with van der Waals surface area (Å²) in [5.74, 6) is -0.339.